The summed E-state index contributed by atoms with van der Waals surface area (Å²) >= 11 is 0. The number of hydrogen-bond donors (Lipinski definition) is 1. The van der Waals surface area contributed by atoms with Crippen LogP contribution in [0.15, 0.2) is 30.3 Å². The van der Waals surface area contributed by atoms with E-state index >= 15 is 0 Å². The largest absolute Gasteiger partial charge is 0.465 e. The van der Waals surface area contributed by atoms with Crippen LogP contribution in [0, 0.1) is 5.41 Å². The summed E-state index contributed by atoms with van der Waals surface area (Å²) in [6.07, 6.45) is 0.00512. The van der Waals surface area contributed by atoms with Crippen LogP contribution < -0.4 is 5.32 Å². The molecule has 0 spiro atoms. The second-order valence-corrected chi connectivity index (χ2v) is 7.71. The van der Waals surface area contributed by atoms with Crippen LogP contribution in [0.25, 0.3) is 0 Å². The van der Waals surface area contributed by atoms with Crippen molar-refractivity contribution in [3.8, 4) is 0 Å². The molecule has 1 atom stereocenters. The summed E-state index contributed by atoms with van der Waals surface area (Å²) in [6, 6.07) is 9.11. The van der Waals surface area contributed by atoms with Gasteiger partial charge in [0.15, 0.2) is 0 Å². The standard InChI is InChI=1S/C17H23NO7S/c1-3-23-15(19)17(9-10-17)14(25-26(2,21)22)11-18-16(20)24-12-13-7-5-4-6-8-13/h4-8,14H,3,9-12H2,1-2H3,(H,18,20)/t14-/m1/s1. The van der Waals surface area contributed by atoms with Crippen molar-refractivity contribution in [2.24, 2.45) is 5.41 Å². The fourth-order valence-corrected chi connectivity index (χ4v) is 3.22. The summed E-state index contributed by atoms with van der Waals surface area (Å²) in [4.78, 5) is 24.0. The Morgan fingerprint density at radius 1 is 1.19 bits per heavy atom. The molecule has 144 valence electrons. The third-order valence-corrected chi connectivity index (χ3v) is 4.60. The first-order chi connectivity index (χ1) is 12.3. The van der Waals surface area contributed by atoms with Crippen molar-refractivity contribution in [1.82, 2.24) is 5.32 Å². The van der Waals surface area contributed by atoms with Crippen LogP contribution in [0.4, 0.5) is 4.79 Å². The second-order valence-electron chi connectivity index (χ2n) is 6.11. The number of benzene rings is 1. The van der Waals surface area contributed by atoms with Crippen LogP contribution in [0.3, 0.4) is 0 Å². The number of hydrogen-bond acceptors (Lipinski definition) is 7. The van der Waals surface area contributed by atoms with Gasteiger partial charge in [-0.3, -0.25) is 8.98 Å². The Morgan fingerprint density at radius 3 is 2.38 bits per heavy atom. The van der Waals surface area contributed by atoms with E-state index in [1.165, 1.54) is 0 Å². The van der Waals surface area contributed by atoms with Crippen molar-refractivity contribution >= 4 is 22.2 Å². The zero-order valence-corrected chi connectivity index (χ0v) is 15.6. The fraction of sp³-hybridized carbons (Fsp3) is 0.529. The highest BCUT2D eigenvalue weighted by molar-refractivity contribution is 7.86. The zero-order valence-electron chi connectivity index (χ0n) is 14.8. The van der Waals surface area contributed by atoms with Gasteiger partial charge in [0.25, 0.3) is 10.1 Å². The van der Waals surface area contributed by atoms with Gasteiger partial charge < -0.3 is 14.8 Å². The lowest BCUT2D eigenvalue weighted by atomic mass is 9.99. The number of esters is 1. The lowest BCUT2D eigenvalue weighted by Crippen LogP contribution is -2.44. The third-order valence-electron chi connectivity index (χ3n) is 4.02. The van der Waals surface area contributed by atoms with E-state index in [9.17, 15) is 18.0 Å². The minimum atomic E-state index is -3.82. The highest BCUT2D eigenvalue weighted by Crippen LogP contribution is 2.51. The number of alkyl carbamates (subject to hydrolysis) is 1. The second kappa shape index (κ2) is 8.50. The Bertz CT molecular complexity index is 729. The predicted molar refractivity (Wildman–Crippen MR) is 92.6 cm³/mol. The lowest BCUT2D eigenvalue weighted by molar-refractivity contribution is -0.153. The maximum atomic E-state index is 12.2. The molecule has 8 nitrogen and oxygen atoms in total. The molecule has 9 heteroatoms. The molecule has 1 aromatic rings. The number of rotatable bonds is 9. The van der Waals surface area contributed by atoms with Gasteiger partial charge in [-0.1, -0.05) is 30.3 Å². The van der Waals surface area contributed by atoms with Crippen molar-refractivity contribution < 1.29 is 31.7 Å². The molecule has 1 aliphatic rings. The van der Waals surface area contributed by atoms with Gasteiger partial charge in [-0.15, -0.1) is 0 Å². The Balaban J connectivity index is 1.94. The van der Waals surface area contributed by atoms with Gasteiger partial charge in [0, 0.05) is 6.54 Å². The average Bonchev–Trinajstić information content (AvgIpc) is 3.39. The van der Waals surface area contributed by atoms with Gasteiger partial charge in [0.05, 0.1) is 18.3 Å². The monoisotopic (exact) mass is 385 g/mol. The highest BCUT2D eigenvalue weighted by atomic mass is 32.2. The Morgan fingerprint density at radius 2 is 1.85 bits per heavy atom. The van der Waals surface area contributed by atoms with E-state index in [1.807, 2.05) is 30.3 Å². The molecule has 0 aliphatic heterocycles. The van der Waals surface area contributed by atoms with E-state index in [-0.39, 0.29) is 19.8 Å². The SMILES string of the molecule is CCOC(=O)C1([C@@H](CNC(=O)OCc2ccccc2)OS(C)(=O)=O)CC1. The van der Waals surface area contributed by atoms with Crippen LogP contribution >= 0.6 is 0 Å². The molecular formula is C17H23NO7S. The van der Waals surface area contributed by atoms with Crippen LogP contribution in [0.5, 0.6) is 0 Å². The number of ether oxygens (including phenoxy) is 2. The van der Waals surface area contributed by atoms with E-state index in [4.69, 9.17) is 13.7 Å². The maximum absolute atomic E-state index is 12.2. The van der Waals surface area contributed by atoms with E-state index in [0.717, 1.165) is 11.8 Å². The molecule has 2 rings (SSSR count). The summed E-state index contributed by atoms with van der Waals surface area (Å²) < 4.78 is 38.2. The van der Waals surface area contributed by atoms with Gasteiger partial charge in [0.1, 0.15) is 12.7 Å². The van der Waals surface area contributed by atoms with Gasteiger partial charge in [0.2, 0.25) is 0 Å². The van der Waals surface area contributed by atoms with Crippen LogP contribution in [-0.2, 0) is 35.2 Å². The maximum Gasteiger partial charge on any atom is 0.407 e. The van der Waals surface area contributed by atoms with Gasteiger partial charge in [-0.05, 0) is 25.3 Å². The van der Waals surface area contributed by atoms with Crippen molar-refractivity contribution in [3.05, 3.63) is 35.9 Å². The third kappa shape index (κ3) is 5.70. The summed E-state index contributed by atoms with van der Waals surface area (Å²) in [6.45, 7) is 1.74. The quantitative estimate of drug-likeness (QED) is 0.508. The topological polar surface area (TPSA) is 108 Å². The van der Waals surface area contributed by atoms with Crippen LogP contribution in [0.2, 0.25) is 0 Å². The summed E-state index contributed by atoms with van der Waals surface area (Å²) in [7, 11) is -3.82. The van der Waals surface area contributed by atoms with Crippen LogP contribution in [-0.4, -0.2) is 46.0 Å². The highest BCUT2D eigenvalue weighted by Gasteiger charge is 2.58. The molecule has 1 saturated carbocycles. The molecular weight excluding hydrogens is 362 g/mol. The first-order valence-corrected chi connectivity index (χ1v) is 10.1. The molecule has 1 aromatic carbocycles. The Labute approximate surface area is 152 Å². The number of nitrogens with one attached hydrogen (secondary N) is 1. The van der Waals surface area contributed by atoms with E-state index in [1.54, 1.807) is 6.92 Å². The van der Waals surface area contributed by atoms with Gasteiger partial charge >= 0.3 is 12.1 Å². The minimum Gasteiger partial charge on any atom is -0.465 e. The van der Waals surface area contributed by atoms with Gasteiger partial charge in [-0.2, -0.15) is 8.42 Å². The zero-order chi connectivity index (χ0) is 19.2. The molecule has 0 heterocycles. The Kier molecular flexibility index (Phi) is 6.60. The number of amides is 1. The molecule has 1 N–H and O–H groups in total. The van der Waals surface area contributed by atoms with Crippen molar-refractivity contribution in [3.63, 3.8) is 0 Å². The van der Waals surface area contributed by atoms with E-state index in [2.05, 4.69) is 5.32 Å². The summed E-state index contributed by atoms with van der Waals surface area (Å²) in [5, 5.41) is 2.46. The molecule has 1 amide bonds. The molecule has 26 heavy (non-hydrogen) atoms. The first-order valence-electron chi connectivity index (χ1n) is 8.27. The van der Waals surface area contributed by atoms with Crippen molar-refractivity contribution in [1.29, 1.82) is 0 Å². The van der Waals surface area contributed by atoms with Crippen LogP contribution in [0.1, 0.15) is 25.3 Å². The number of carbonyl (C=O) groups excluding carboxylic acids is 2. The molecule has 1 fully saturated rings. The molecule has 0 bridgehead atoms. The first kappa shape index (κ1) is 20.2. The molecule has 1 aliphatic carbocycles. The normalized spacial score (nSPS) is 16.4. The molecule has 0 saturated heterocycles. The smallest absolute Gasteiger partial charge is 0.407 e. The molecule has 0 unspecified atom stereocenters. The number of carbonyl (C=O) groups is 2. The summed E-state index contributed by atoms with van der Waals surface area (Å²) in [5.74, 6) is -0.520. The average molecular weight is 385 g/mol. The minimum absolute atomic E-state index is 0.0767. The van der Waals surface area contributed by atoms with E-state index in [0.29, 0.717) is 12.8 Å². The van der Waals surface area contributed by atoms with Gasteiger partial charge in [-0.25, -0.2) is 4.79 Å². The Hall–Kier alpha value is -2.13. The van der Waals surface area contributed by atoms with E-state index < -0.39 is 33.7 Å². The fourth-order valence-electron chi connectivity index (χ4n) is 2.55. The molecule has 0 radical (unpaired) electrons. The van der Waals surface area contributed by atoms with Crippen molar-refractivity contribution in [2.75, 3.05) is 19.4 Å². The predicted octanol–water partition coefficient (Wildman–Crippen LogP) is 1.60. The lowest BCUT2D eigenvalue weighted by Gasteiger charge is -2.24. The van der Waals surface area contributed by atoms with Crippen molar-refractivity contribution in [2.45, 2.75) is 32.5 Å². The molecule has 0 aromatic heterocycles. The summed E-state index contributed by atoms with van der Waals surface area (Å²) in [5.41, 5.74) is -0.233.